The molecular weight excluding hydrogens is 188 g/mol. The van der Waals surface area contributed by atoms with E-state index in [0.29, 0.717) is 0 Å². The van der Waals surface area contributed by atoms with Crippen molar-refractivity contribution in [2.45, 2.75) is 0 Å². The van der Waals surface area contributed by atoms with E-state index < -0.39 is 23.7 Å². The molecule has 5 heavy (non-hydrogen) atoms. The van der Waals surface area contributed by atoms with Crippen molar-refractivity contribution in [1.29, 1.82) is 0 Å². The second kappa shape index (κ2) is 1.40. The van der Waals surface area contributed by atoms with Crippen molar-refractivity contribution in [3.8, 4) is 0 Å². The summed E-state index contributed by atoms with van der Waals surface area (Å²) in [6.07, 6.45) is 0. The fourth-order valence-corrected chi connectivity index (χ4v) is 0. The van der Waals surface area contributed by atoms with Crippen molar-refractivity contribution in [3.05, 3.63) is 0 Å². The van der Waals surface area contributed by atoms with E-state index in [4.69, 9.17) is 0 Å². The molecule has 0 aliphatic rings. The number of halogens is 4. The Morgan fingerprint density at radius 3 is 0.800 bits per heavy atom. The Morgan fingerprint density at radius 2 is 0.800 bits per heavy atom. The van der Waals surface area contributed by atoms with Gasteiger partial charge in [-0.3, -0.25) is 0 Å². The maximum absolute atomic E-state index is 9.92. The fourth-order valence-electron chi connectivity index (χ4n) is 0. The third-order valence-electron chi connectivity index (χ3n) is 0. The zero-order valence-electron chi connectivity index (χ0n) is 2.22. The first-order valence-corrected chi connectivity index (χ1v) is 7.17. The topological polar surface area (TPSA) is 0 Å². The molecule has 0 nitrogen and oxygen atoms in total. The second-order valence-electron chi connectivity index (χ2n) is 0.606. The Hall–Kier alpha value is 0.642. The van der Waals surface area contributed by atoms with Gasteiger partial charge in [-0.1, -0.05) is 0 Å². The first kappa shape index (κ1) is 5.64. The Morgan fingerprint density at radius 1 is 0.800 bits per heavy atom. The van der Waals surface area contributed by atoms with Crippen LogP contribution in [0.5, 0.6) is 0 Å². The van der Waals surface area contributed by atoms with Crippen LogP contribution in [0, 0.1) is 0 Å². The molecule has 30 valence electrons. The molecule has 0 spiro atoms. The molecule has 0 atom stereocenters. The maximum atomic E-state index is 9.92. The monoisotopic (exact) mass is 190 g/mol. The quantitative estimate of drug-likeness (QED) is 0.401. The van der Waals surface area contributed by atoms with Gasteiger partial charge in [0.2, 0.25) is 0 Å². The molecule has 0 aliphatic heterocycles. The Labute approximate surface area is 34.2 Å². The van der Waals surface area contributed by atoms with Gasteiger partial charge in [-0.15, -0.1) is 0 Å². The summed E-state index contributed by atoms with van der Waals surface area (Å²) in [5.41, 5.74) is 0. The normalized spacial score (nSPS) is 8.80. The van der Waals surface area contributed by atoms with E-state index in [0.717, 1.165) is 0 Å². The molecule has 0 saturated heterocycles. The van der Waals surface area contributed by atoms with Crippen LogP contribution in [-0.2, 0) is 23.7 Å². The number of hydrogen-bond donors (Lipinski definition) is 0. The SMILES string of the molecule is [F][Cd]([F])([F])[F]. The van der Waals surface area contributed by atoms with Crippen molar-refractivity contribution in [1.82, 2.24) is 0 Å². The van der Waals surface area contributed by atoms with E-state index in [1.54, 1.807) is 0 Å². The first-order valence-electron chi connectivity index (χ1n) is 1.07. The first-order chi connectivity index (χ1) is 2.00. The van der Waals surface area contributed by atoms with Gasteiger partial charge in [-0.05, 0) is 0 Å². The second-order valence-corrected chi connectivity index (χ2v) is 4.07. The average Bonchev–Trinajstić information content (AvgIpc) is 0.722. The molecule has 0 saturated carbocycles. The molecule has 0 aromatic rings. The Kier molecular flexibility index (Phi) is 1.57. The molecule has 0 heterocycles. The van der Waals surface area contributed by atoms with Gasteiger partial charge in [0.15, 0.2) is 0 Å². The van der Waals surface area contributed by atoms with Gasteiger partial charge in [0.1, 0.15) is 0 Å². The summed E-state index contributed by atoms with van der Waals surface area (Å²) >= 11 is -7.34. The molecule has 0 amide bonds. The van der Waals surface area contributed by atoms with Gasteiger partial charge < -0.3 is 0 Å². The summed E-state index contributed by atoms with van der Waals surface area (Å²) in [6, 6.07) is 0. The summed E-state index contributed by atoms with van der Waals surface area (Å²) < 4.78 is 39.7. The molecular formula is CdF4. The van der Waals surface area contributed by atoms with Crippen molar-refractivity contribution >= 4 is 0 Å². The summed E-state index contributed by atoms with van der Waals surface area (Å²) in [5, 5.41) is 0. The molecule has 0 unspecified atom stereocenters. The molecule has 0 N–H and O–H groups in total. The van der Waals surface area contributed by atoms with Gasteiger partial charge in [0.25, 0.3) is 0 Å². The van der Waals surface area contributed by atoms with Crippen LogP contribution in [0.1, 0.15) is 0 Å². The summed E-state index contributed by atoms with van der Waals surface area (Å²) in [4.78, 5) is 0. The summed E-state index contributed by atoms with van der Waals surface area (Å²) in [6.45, 7) is 0. The van der Waals surface area contributed by atoms with Crippen LogP contribution in [0.4, 0.5) is 10.0 Å². The molecule has 0 aliphatic carbocycles. The van der Waals surface area contributed by atoms with Crippen LogP contribution in [0.25, 0.3) is 0 Å². The van der Waals surface area contributed by atoms with Gasteiger partial charge in [-0.25, -0.2) is 0 Å². The molecule has 0 fully saturated rings. The van der Waals surface area contributed by atoms with Gasteiger partial charge in [0.05, 0.1) is 0 Å². The van der Waals surface area contributed by atoms with E-state index in [1.165, 1.54) is 0 Å². The van der Waals surface area contributed by atoms with Crippen molar-refractivity contribution in [3.63, 3.8) is 0 Å². The summed E-state index contributed by atoms with van der Waals surface area (Å²) in [5.74, 6) is 0. The molecule has 5 heteroatoms. The number of hydrogen-bond acceptors (Lipinski definition) is 0. The third kappa shape index (κ3) is 78.6. The summed E-state index contributed by atoms with van der Waals surface area (Å²) in [7, 11) is 0. The predicted molar refractivity (Wildman–Crippen MR) is 4.43 cm³/mol. The molecule has 0 aromatic heterocycles. The third-order valence-corrected chi connectivity index (χ3v) is 0. The zero-order chi connectivity index (χ0) is 4.50. The van der Waals surface area contributed by atoms with Crippen molar-refractivity contribution in [2.75, 3.05) is 0 Å². The van der Waals surface area contributed by atoms with Crippen LogP contribution in [0.2, 0.25) is 0 Å². The van der Waals surface area contributed by atoms with Crippen molar-refractivity contribution in [2.24, 2.45) is 0 Å². The predicted octanol–water partition coefficient (Wildman–Crippen LogP) is 1.68. The fraction of sp³-hybridized carbons (Fsp3) is 0. The molecule has 0 aromatic carbocycles. The van der Waals surface area contributed by atoms with Gasteiger partial charge >= 0.3 is 33.7 Å². The molecule has 0 rings (SSSR count). The van der Waals surface area contributed by atoms with Crippen LogP contribution < -0.4 is 0 Å². The van der Waals surface area contributed by atoms with Crippen LogP contribution in [-0.4, -0.2) is 0 Å². The van der Waals surface area contributed by atoms with E-state index in [-0.39, 0.29) is 0 Å². The van der Waals surface area contributed by atoms with Crippen LogP contribution in [0.3, 0.4) is 0 Å². The van der Waals surface area contributed by atoms with E-state index in [1.807, 2.05) is 0 Å². The minimum absolute atomic E-state index is 7.34. The van der Waals surface area contributed by atoms with E-state index in [9.17, 15) is 10.0 Å². The molecule has 0 bridgehead atoms. The van der Waals surface area contributed by atoms with Crippen LogP contribution >= 0.6 is 0 Å². The number of rotatable bonds is 0. The van der Waals surface area contributed by atoms with Gasteiger partial charge in [0, 0.05) is 0 Å². The standard InChI is InChI=1S/Cd.4FH/h;4*1H/q+4;;;;/p-4. The van der Waals surface area contributed by atoms with Crippen LogP contribution in [0.15, 0.2) is 0 Å². The zero-order valence-corrected chi connectivity index (χ0v) is 6.26. The van der Waals surface area contributed by atoms with Gasteiger partial charge in [-0.2, -0.15) is 0 Å². The van der Waals surface area contributed by atoms with E-state index >= 15 is 0 Å². The van der Waals surface area contributed by atoms with Crippen molar-refractivity contribution < 1.29 is 33.7 Å². The average molecular weight is 188 g/mol. The Bertz CT molecular complexity index is 19.1. The molecule has 0 radical (unpaired) electrons. The Balaban J connectivity index is 3.02. The van der Waals surface area contributed by atoms with E-state index in [2.05, 4.69) is 0 Å². The minimum atomic E-state index is -7.34.